The molecule has 0 saturated heterocycles. The second kappa shape index (κ2) is 7.92. The number of carbonyl (C=O) groups excluding carboxylic acids is 1. The summed E-state index contributed by atoms with van der Waals surface area (Å²) in [5.74, 6) is -5.26. The van der Waals surface area contributed by atoms with Crippen LogP contribution in [0, 0.1) is 5.82 Å². The first-order chi connectivity index (χ1) is 13.0. The molecule has 0 aliphatic heterocycles. The summed E-state index contributed by atoms with van der Waals surface area (Å²) >= 11 is 0. The van der Waals surface area contributed by atoms with Gasteiger partial charge < -0.3 is 9.47 Å². The second-order valence-electron chi connectivity index (χ2n) is 5.10. The Morgan fingerprint density at radius 1 is 1.11 bits per heavy atom. The zero-order valence-corrected chi connectivity index (χ0v) is 15.1. The van der Waals surface area contributed by atoms with Crippen molar-refractivity contribution in [1.29, 1.82) is 0 Å². The number of para-hydroxylation sites is 1. The Balaban J connectivity index is 2.50. The van der Waals surface area contributed by atoms with Crippen LogP contribution in [0.25, 0.3) is 0 Å². The lowest BCUT2D eigenvalue weighted by molar-refractivity contribution is -0.106. The molecular weight excluding hydrogens is 412 g/mol. The van der Waals surface area contributed by atoms with Crippen LogP contribution in [0.4, 0.5) is 23.2 Å². The summed E-state index contributed by atoms with van der Waals surface area (Å²) in [7, 11) is -2.68. The number of carbonyl (C=O) groups is 1. The molecule has 1 aromatic heterocycles. The molecule has 0 saturated carbocycles. The van der Waals surface area contributed by atoms with E-state index in [0.717, 1.165) is 18.2 Å². The summed E-state index contributed by atoms with van der Waals surface area (Å²) in [5, 5.41) is 0. The molecule has 14 heteroatoms. The standard InChI is InChI=1S/C14H12F4N4O5S/c1-26-12-19-11(20-13(21-12)27-2)10(23)7-4-3-5-8(15)9(7)22-28(24,25)6-14(16,17)18/h3-5,22H,6H2,1-2H3. The number of benzene rings is 1. The second-order valence-corrected chi connectivity index (χ2v) is 6.82. The van der Waals surface area contributed by atoms with E-state index < -0.39 is 50.6 Å². The van der Waals surface area contributed by atoms with Gasteiger partial charge >= 0.3 is 18.2 Å². The zero-order valence-electron chi connectivity index (χ0n) is 14.2. The largest absolute Gasteiger partial charge is 0.467 e. The first-order valence-electron chi connectivity index (χ1n) is 7.20. The fourth-order valence-corrected chi connectivity index (χ4v) is 2.99. The van der Waals surface area contributed by atoms with Crippen LogP contribution in [0.2, 0.25) is 0 Å². The molecule has 0 fully saturated rings. The number of aromatic nitrogens is 3. The van der Waals surface area contributed by atoms with Crippen LogP contribution in [-0.4, -0.2) is 55.3 Å². The van der Waals surface area contributed by atoms with E-state index in [-0.39, 0.29) is 12.0 Å². The fourth-order valence-electron chi connectivity index (χ4n) is 1.97. The number of ether oxygens (including phenoxy) is 2. The van der Waals surface area contributed by atoms with Crippen LogP contribution in [0.15, 0.2) is 18.2 Å². The van der Waals surface area contributed by atoms with Crippen molar-refractivity contribution in [3.63, 3.8) is 0 Å². The minimum absolute atomic E-state index is 0.328. The molecule has 0 aliphatic carbocycles. The topological polar surface area (TPSA) is 120 Å². The Morgan fingerprint density at radius 2 is 1.68 bits per heavy atom. The van der Waals surface area contributed by atoms with Gasteiger partial charge in [0.15, 0.2) is 5.75 Å². The summed E-state index contributed by atoms with van der Waals surface area (Å²) < 4.78 is 85.7. The van der Waals surface area contributed by atoms with Crippen LogP contribution < -0.4 is 14.2 Å². The molecule has 1 heterocycles. The number of sulfonamides is 1. The summed E-state index contributed by atoms with van der Waals surface area (Å²) in [4.78, 5) is 23.6. The SMILES string of the molecule is COc1nc(OC)nc(C(=O)c2cccc(F)c2NS(=O)(=O)CC(F)(F)F)n1. The van der Waals surface area contributed by atoms with Crippen LogP contribution in [0.5, 0.6) is 12.0 Å². The third-order valence-corrected chi connectivity index (χ3v) is 4.25. The first-order valence-corrected chi connectivity index (χ1v) is 8.85. The highest BCUT2D eigenvalue weighted by molar-refractivity contribution is 7.92. The molecule has 1 aromatic carbocycles. The summed E-state index contributed by atoms with van der Waals surface area (Å²) in [5.41, 5.74) is -1.60. The van der Waals surface area contributed by atoms with Crippen molar-refractivity contribution in [2.75, 3.05) is 24.7 Å². The van der Waals surface area contributed by atoms with Crippen molar-refractivity contribution < 1.29 is 40.2 Å². The van der Waals surface area contributed by atoms with Crippen LogP contribution >= 0.6 is 0 Å². The number of alkyl halides is 3. The molecule has 0 aliphatic rings. The van der Waals surface area contributed by atoms with Gasteiger partial charge in [0.25, 0.3) is 0 Å². The number of nitrogens with one attached hydrogen (secondary N) is 1. The molecule has 0 spiro atoms. The zero-order chi connectivity index (χ0) is 21.1. The van der Waals surface area contributed by atoms with E-state index in [2.05, 4.69) is 15.0 Å². The van der Waals surface area contributed by atoms with Gasteiger partial charge in [-0.1, -0.05) is 6.07 Å². The molecule has 0 radical (unpaired) electrons. The van der Waals surface area contributed by atoms with Gasteiger partial charge in [0.05, 0.1) is 25.5 Å². The van der Waals surface area contributed by atoms with E-state index in [4.69, 9.17) is 9.47 Å². The minimum Gasteiger partial charge on any atom is -0.467 e. The van der Waals surface area contributed by atoms with Crippen molar-refractivity contribution in [1.82, 2.24) is 15.0 Å². The normalized spacial score (nSPS) is 11.8. The number of rotatable bonds is 7. The molecule has 1 N–H and O–H groups in total. The average Bonchev–Trinajstić information content (AvgIpc) is 2.60. The lowest BCUT2D eigenvalue weighted by Gasteiger charge is -2.14. The van der Waals surface area contributed by atoms with Gasteiger partial charge in [-0.15, -0.1) is 4.98 Å². The predicted octanol–water partition coefficient (Wildman–Crippen LogP) is 1.56. The highest BCUT2D eigenvalue weighted by Crippen LogP contribution is 2.26. The number of halogens is 4. The Morgan fingerprint density at radius 3 is 2.18 bits per heavy atom. The number of methoxy groups -OCH3 is 2. The van der Waals surface area contributed by atoms with E-state index in [1.165, 1.54) is 18.9 Å². The maximum absolute atomic E-state index is 14.1. The van der Waals surface area contributed by atoms with E-state index >= 15 is 0 Å². The molecule has 0 amide bonds. The first kappa shape index (κ1) is 21.3. The minimum atomic E-state index is -5.07. The van der Waals surface area contributed by atoms with E-state index in [0.29, 0.717) is 0 Å². The van der Waals surface area contributed by atoms with E-state index in [1.54, 1.807) is 0 Å². The third-order valence-electron chi connectivity index (χ3n) is 3.03. The highest BCUT2D eigenvalue weighted by atomic mass is 32.2. The monoisotopic (exact) mass is 424 g/mol. The Hall–Kier alpha value is -3.03. The van der Waals surface area contributed by atoms with Crippen molar-refractivity contribution in [3.05, 3.63) is 35.4 Å². The molecule has 0 unspecified atom stereocenters. The van der Waals surface area contributed by atoms with E-state index in [1.807, 2.05) is 0 Å². The van der Waals surface area contributed by atoms with Crippen molar-refractivity contribution in [2.24, 2.45) is 0 Å². The van der Waals surface area contributed by atoms with Crippen LogP contribution in [-0.2, 0) is 10.0 Å². The molecule has 0 bridgehead atoms. The quantitative estimate of drug-likeness (QED) is 0.525. The fraction of sp³-hybridized carbons (Fsp3) is 0.286. The summed E-state index contributed by atoms with van der Waals surface area (Å²) in [6, 6.07) is 2.15. The average molecular weight is 424 g/mol. The van der Waals surface area contributed by atoms with Crippen molar-refractivity contribution in [2.45, 2.75) is 6.18 Å². The third kappa shape index (κ3) is 5.25. The van der Waals surface area contributed by atoms with Gasteiger partial charge in [0.1, 0.15) is 5.82 Å². The molecule has 2 aromatic rings. The number of hydrogen-bond acceptors (Lipinski definition) is 8. The van der Waals surface area contributed by atoms with Gasteiger partial charge in [-0.25, -0.2) is 12.8 Å². The highest BCUT2D eigenvalue weighted by Gasteiger charge is 2.36. The molecular formula is C14H12F4N4O5S. The molecule has 28 heavy (non-hydrogen) atoms. The Labute approximate surface area is 155 Å². The van der Waals surface area contributed by atoms with Gasteiger partial charge in [0.2, 0.25) is 21.6 Å². The maximum Gasteiger partial charge on any atom is 0.404 e. The number of hydrogen-bond donors (Lipinski definition) is 1. The number of ketones is 1. The van der Waals surface area contributed by atoms with Gasteiger partial charge in [-0.05, 0) is 12.1 Å². The molecule has 0 atom stereocenters. The van der Waals surface area contributed by atoms with Crippen LogP contribution in [0.3, 0.4) is 0 Å². The summed E-state index contributed by atoms with van der Waals surface area (Å²) in [6.45, 7) is 0. The van der Waals surface area contributed by atoms with Crippen LogP contribution in [0.1, 0.15) is 16.2 Å². The molecule has 2 rings (SSSR count). The lowest BCUT2D eigenvalue weighted by atomic mass is 10.1. The predicted molar refractivity (Wildman–Crippen MR) is 86.2 cm³/mol. The number of anilines is 1. The van der Waals surface area contributed by atoms with Gasteiger partial charge in [0, 0.05) is 0 Å². The smallest absolute Gasteiger partial charge is 0.404 e. The lowest BCUT2D eigenvalue weighted by Crippen LogP contribution is -2.29. The van der Waals surface area contributed by atoms with E-state index in [9.17, 15) is 30.8 Å². The van der Waals surface area contributed by atoms with Crippen molar-refractivity contribution in [3.8, 4) is 12.0 Å². The Bertz CT molecular complexity index is 975. The maximum atomic E-state index is 14.1. The van der Waals surface area contributed by atoms with Gasteiger partial charge in [-0.3, -0.25) is 9.52 Å². The molecule has 152 valence electrons. The van der Waals surface area contributed by atoms with Crippen molar-refractivity contribution >= 4 is 21.5 Å². The Kier molecular flexibility index (Phi) is 6.01. The van der Waals surface area contributed by atoms with Gasteiger partial charge in [-0.2, -0.15) is 23.1 Å². The number of nitrogens with zero attached hydrogens (tertiary/aromatic N) is 3. The summed E-state index contributed by atoms with van der Waals surface area (Å²) in [6.07, 6.45) is -5.07. The molecule has 9 nitrogen and oxygen atoms in total.